The van der Waals surface area contributed by atoms with Crippen LogP contribution in [0.5, 0.6) is 0 Å². The van der Waals surface area contributed by atoms with Crippen LogP contribution in [0.4, 0.5) is 6.01 Å². The fraction of sp³-hybridized carbons (Fsp3) is 0.333. The van der Waals surface area contributed by atoms with Crippen LogP contribution in [0.3, 0.4) is 0 Å². The highest BCUT2D eigenvalue weighted by Crippen LogP contribution is 2.16. The van der Waals surface area contributed by atoms with Crippen molar-refractivity contribution in [2.24, 2.45) is 14.1 Å². The summed E-state index contributed by atoms with van der Waals surface area (Å²) in [5.41, 5.74) is -0.755. The first-order chi connectivity index (χ1) is 11.3. The molecule has 1 N–H and O–H groups in total. The van der Waals surface area contributed by atoms with Gasteiger partial charge in [-0.15, -0.1) is 0 Å². The SMILES string of the molecule is Cc1noc(NC(=O)Cn2c(Br)nc3c(=O)n(C)c(=O)n(C)c32)n1. The molecule has 0 spiro atoms. The Morgan fingerprint density at radius 2 is 1.96 bits per heavy atom. The lowest BCUT2D eigenvalue weighted by Gasteiger charge is -2.08. The molecule has 3 aromatic heterocycles. The number of anilines is 1. The number of carbonyl (C=O) groups is 1. The first kappa shape index (κ1) is 16.1. The molecule has 3 rings (SSSR count). The number of imidazole rings is 1. The molecule has 0 saturated carbocycles. The van der Waals surface area contributed by atoms with Gasteiger partial charge in [0.25, 0.3) is 5.56 Å². The molecule has 0 aromatic carbocycles. The molecule has 0 fully saturated rings. The molecule has 11 nitrogen and oxygen atoms in total. The van der Waals surface area contributed by atoms with Crippen LogP contribution in [0, 0.1) is 6.92 Å². The quantitative estimate of drug-likeness (QED) is 0.590. The minimum atomic E-state index is -0.541. The third-order valence-electron chi connectivity index (χ3n) is 3.37. The van der Waals surface area contributed by atoms with E-state index in [0.717, 1.165) is 4.57 Å². The third kappa shape index (κ3) is 2.54. The predicted octanol–water partition coefficient (Wildman–Crippen LogP) is -0.474. The maximum atomic E-state index is 12.2. The number of halogens is 1. The second kappa shape index (κ2) is 5.70. The Balaban J connectivity index is 2.04. The van der Waals surface area contributed by atoms with Gasteiger partial charge in [-0.25, -0.2) is 9.78 Å². The lowest BCUT2D eigenvalue weighted by atomic mass is 10.5. The van der Waals surface area contributed by atoms with E-state index in [-0.39, 0.29) is 28.5 Å². The van der Waals surface area contributed by atoms with Crippen molar-refractivity contribution < 1.29 is 9.32 Å². The van der Waals surface area contributed by atoms with Gasteiger partial charge in [0.15, 0.2) is 21.7 Å². The summed E-state index contributed by atoms with van der Waals surface area (Å²) in [5.74, 6) is -0.0998. The largest absolute Gasteiger partial charge is 0.332 e. The summed E-state index contributed by atoms with van der Waals surface area (Å²) >= 11 is 3.20. The van der Waals surface area contributed by atoms with Gasteiger partial charge in [0.1, 0.15) is 6.54 Å². The molecular weight excluding hydrogens is 386 g/mol. The molecule has 0 aliphatic heterocycles. The first-order valence-corrected chi connectivity index (χ1v) is 7.50. The molecular formula is C12H12BrN7O4. The normalized spacial score (nSPS) is 11.2. The third-order valence-corrected chi connectivity index (χ3v) is 3.97. The molecule has 0 aliphatic carbocycles. The van der Waals surface area contributed by atoms with Gasteiger partial charge in [-0.05, 0) is 22.9 Å². The highest BCUT2D eigenvalue weighted by Gasteiger charge is 2.20. The van der Waals surface area contributed by atoms with E-state index in [1.54, 1.807) is 6.92 Å². The minimum Gasteiger partial charge on any atom is -0.315 e. The highest BCUT2D eigenvalue weighted by atomic mass is 79.9. The minimum absolute atomic E-state index is 0.0390. The molecule has 12 heteroatoms. The number of nitrogens with one attached hydrogen (secondary N) is 1. The number of aryl methyl sites for hydroxylation is 2. The number of aromatic nitrogens is 6. The van der Waals surface area contributed by atoms with Crippen LogP contribution in [-0.2, 0) is 25.4 Å². The van der Waals surface area contributed by atoms with Gasteiger partial charge in [0.05, 0.1) is 0 Å². The average molecular weight is 398 g/mol. The maximum Gasteiger partial charge on any atom is 0.332 e. The van der Waals surface area contributed by atoms with Crippen molar-refractivity contribution in [1.29, 1.82) is 0 Å². The van der Waals surface area contributed by atoms with Gasteiger partial charge < -0.3 is 4.52 Å². The fourth-order valence-electron chi connectivity index (χ4n) is 2.25. The summed E-state index contributed by atoms with van der Waals surface area (Å²) in [7, 11) is 2.86. The van der Waals surface area contributed by atoms with E-state index in [4.69, 9.17) is 4.52 Å². The molecule has 3 aromatic rings. The number of hydrogen-bond donors (Lipinski definition) is 1. The van der Waals surface area contributed by atoms with E-state index >= 15 is 0 Å². The van der Waals surface area contributed by atoms with Crippen molar-refractivity contribution in [3.8, 4) is 0 Å². The van der Waals surface area contributed by atoms with Gasteiger partial charge in [-0.1, -0.05) is 5.16 Å². The van der Waals surface area contributed by atoms with Crippen molar-refractivity contribution in [2.45, 2.75) is 13.5 Å². The van der Waals surface area contributed by atoms with Crippen molar-refractivity contribution >= 4 is 39.0 Å². The summed E-state index contributed by atoms with van der Waals surface area (Å²) in [6.45, 7) is 1.41. The van der Waals surface area contributed by atoms with E-state index in [2.05, 4.69) is 36.4 Å². The first-order valence-electron chi connectivity index (χ1n) is 6.71. The Bertz CT molecular complexity index is 1070. The summed E-state index contributed by atoms with van der Waals surface area (Å²) in [6.07, 6.45) is 0. The van der Waals surface area contributed by atoms with Gasteiger partial charge in [0, 0.05) is 14.1 Å². The summed E-state index contributed by atoms with van der Waals surface area (Å²) in [4.78, 5) is 44.4. The molecule has 0 saturated heterocycles. The Labute approximate surface area is 142 Å². The van der Waals surface area contributed by atoms with E-state index in [0.29, 0.717) is 5.82 Å². The van der Waals surface area contributed by atoms with Crippen LogP contribution in [0.25, 0.3) is 11.2 Å². The Hall–Kier alpha value is -2.76. The van der Waals surface area contributed by atoms with Crippen molar-refractivity contribution in [2.75, 3.05) is 5.32 Å². The monoisotopic (exact) mass is 397 g/mol. The molecule has 1 amide bonds. The van der Waals surface area contributed by atoms with Crippen molar-refractivity contribution in [1.82, 2.24) is 28.8 Å². The molecule has 0 bridgehead atoms. The average Bonchev–Trinajstić information content (AvgIpc) is 3.07. The summed E-state index contributed by atoms with van der Waals surface area (Å²) in [5, 5.41) is 6.00. The molecule has 3 heterocycles. The van der Waals surface area contributed by atoms with E-state index in [1.807, 2.05) is 0 Å². The number of fused-ring (bicyclic) bond motifs is 1. The molecule has 126 valence electrons. The van der Waals surface area contributed by atoms with Gasteiger partial charge in [-0.2, -0.15) is 4.98 Å². The van der Waals surface area contributed by atoms with E-state index in [1.165, 1.54) is 23.2 Å². The zero-order valence-electron chi connectivity index (χ0n) is 12.9. The lowest BCUT2D eigenvalue weighted by molar-refractivity contribution is -0.116. The molecule has 0 radical (unpaired) electrons. The fourth-order valence-corrected chi connectivity index (χ4v) is 2.72. The van der Waals surface area contributed by atoms with E-state index < -0.39 is 17.2 Å². The summed E-state index contributed by atoms with van der Waals surface area (Å²) in [6, 6.07) is -0.0390. The standard InChI is InChI=1S/C12H12BrN7O4/c1-5-14-11(24-17-5)15-6(21)4-20-8-7(16-10(20)13)9(22)19(3)12(23)18(8)2/h4H2,1-3H3,(H,14,15,17,21). The topological polar surface area (TPSA) is 130 Å². The zero-order chi connectivity index (χ0) is 17.6. The molecule has 0 aliphatic rings. The number of nitrogens with zero attached hydrogens (tertiary/aromatic N) is 6. The number of amides is 1. The lowest BCUT2D eigenvalue weighted by Crippen LogP contribution is -2.37. The van der Waals surface area contributed by atoms with Crippen molar-refractivity contribution in [3.63, 3.8) is 0 Å². The number of carbonyl (C=O) groups excluding carboxylic acids is 1. The summed E-state index contributed by atoms with van der Waals surface area (Å²) < 4.78 is 8.65. The van der Waals surface area contributed by atoms with Crippen LogP contribution in [0.15, 0.2) is 18.8 Å². The van der Waals surface area contributed by atoms with Gasteiger partial charge >= 0.3 is 11.7 Å². The Morgan fingerprint density at radius 3 is 2.58 bits per heavy atom. The smallest absolute Gasteiger partial charge is 0.315 e. The second-order valence-corrected chi connectivity index (χ2v) is 5.75. The Kier molecular flexibility index (Phi) is 3.83. The van der Waals surface area contributed by atoms with Crippen LogP contribution in [-0.4, -0.2) is 34.7 Å². The zero-order valence-corrected chi connectivity index (χ0v) is 14.5. The second-order valence-electron chi connectivity index (χ2n) is 5.04. The van der Waals surface area contributed by atoms with Crippen LogP contribution >= 0.6 is 15.9 Å². The van der Waals surface area contributed by atoms with Crippen molar-refractivity contribution in [3.05, 3.63) is 31.4 Å². The highest BCUT2D eigenvalue weighted by molar-refractivity contribution is 9.10. The van der Waals surface area contributed by atoms with Gasteiger partial charge in [0.2, 0.25) is 5.91 Å². The van der Waals surface area contributed by atoms with Crippen LogP contribution < -0.4 is 16.6 Å². The van der Waals surface area contributed by atoms with E-state index in [9.17, 15) is 14.4 Å². The predicted molar refractivity (Wildman–Crippen MR) is 85.6 cm³/mol. The van der Waals surface area contributed by atoms with Crippen LogP contribution in [0.2, 0.25) is 0 Å². The van der Waals surface area contributed by atoms with Gasteiger partial charge in [-0.3, -0.25) is 28.6 Å². The Morgan fingerprint density at radius 1 is 1.25 bits per heavy atom. The molecule has 24 heavy (non-hydrogen) atoms. The van der Waals surface area contributed by atoms with Crippen LogP contribution in [0.1, 0.15) is 5.82 Å². The molecule has 0 unspecified atom stereocenters. The number of rotatable bonds is 3. The molecule has 0 atom stereocenters. The number of hydrogen-bond acceptors (Lipinski definition) is 7. The maximum absolute atomic E-state index is 12.2.